The molecule has 0 bridgehead atoms. The van der Waals surface area contributed by atoms with Gasteiger partial charge in [0.2, 0.25) is 0 Å². The van der Waals surface area contributed by atoms with Gasteiger partial charge in [-0.2, -0.15) is 5.26 Å². The lowest BCUT2D eigenvalue weighted by Crippen LogP contribution is -2.22. The van der Waals surface area contributed by atoms with Crippen LogP contribution in [-0.2, 0) is 11.2 Å². The molecule has 1 unspecified atom stereocenters. The number of aliphatic hydroxyl groups excluding tert-OH is 1. The molecular formula is C21H23FN4O2. The van der Waals surface area contributed by atoms with Gasteiger partial charge in [-0.3, -0.25) is 4.79 Å². The van der Waals surface area contributed by atoms with E-state index in [2.05, 4.69) is 10.2 Å². The van der Waals surface area contributed by atoms with Crippen molar-refractivity contribution < 1.29 is 14.3 Å². The molecule has 3 rings (SSSR count). The quantitative estimate of drug-likeness (QED) is 0.826. The van der Waals surface area contributed by atoms with Crippen molar-refractivity contribution in [3.63, 3.8) is 0 Å². The molecule has 0 saturated carbocycles. The van der Waals surface area contributed by atoms with Gasteiger partial charge < -0.3 is 10.0 Å². The summed E-state index contributed by atoms with van der Waals surface area (Å²) in [5.41, 5.74) is 1.52. The van der Waals surface area contributed by atoms with Crippen LogP contribution in [0.25, 0.3) is 0 Å². The SMILES string of the molecule is CC(C)c1ccc(CC(=O)CC2CN(c3ccc(C#N)nn3)C[C@H]2O)cc1F. The Morgan fingerprint density at radius 2 is 2.11 bits per heavy atom. The van der Waals surface area contributed by atoms with E-state index in [0.29, 0.717) is 30.0 Å². The minimum Gasteiger partial charge on any atom is -0.391 e. The molecule has 2 heterocycles. The summed E-state index contributed by atoms with van der Waals surface area (Å²) < 4.78 is 14.1. The number of aliphatic hydroxyl groups is 1. The Labute approximate surface area is 163 Å². The second-order valence-corrected chi connectivity index (χ2v) is 7.55. The number of carbonyl (C=O) groups is 1. The molecule has 0 radical (unpaired) electrons. The van der Waals surface area contributed by atoms with E-state index >= 15 is 0 Å². The highest BCUT2D eigenvalue weighted by atomic mass is 19.1. The van der Waals surface area contributed by atoms with Crippen LogP contribution in [0.15, 0.2) is 30.3 Å². The number of nitrogens with zero attached hydrogens (tertiary/aromatic N) is 4. The smallest absolute Gasteiger partial charge is 0.163 e. The van der Waals surface area contributed by atoms with E-state index in [1.54, 1.807) is 24.3 Å². The van der Waals surface area contributed by atoms with Crippen molar-refractivity contribution in [2.24, 2.45) is 5.92 Å². The van der Waals surface area contributed by atoms with Crippen LogP contribution < -0.4 is 4.90 Å². The summed E-state index contributed by atoms with van der Waals surface area (Å²) in [7, 11) is 0. The number of anilines is 1. The van der Waals surface area contributed by atoms with Gasteiger partial charge in [0.05, 0.1) is 6.10 Å². The zero-order chi connectivity index (χ0) is 20.3. The summed E-state index contributed by atoms with van der Waals surface area (Å²) >= 11 is 0. The van der Waals surface area contributed by atoms with Crippen LogP contribution in [0, 0.1) is 23.1 Å². The predicted octanol–water partition coefficient (Wildman–Crippen LogP) is 2.61. The van der Waals surface area contributed by atoms with Crippen LogP contribution in [0.3, 0.4) is 0 Å². The standard InChI is InChI=1S/C21H23FN4O2/c1-13(2)18-5-3-14(8-19(18)22)7-17(27)9-15-11-26(12-20(15)28)21-6-4-16(10-23)24-25-21/h3-6,8,13,15,20,28H,7,9,11-12H2,1-2H3/t15?,20-/m1/s1. The van der Waals surface area contributed by atoms with Gasteiger partial charge in [0, 0.05) is 31.8 Å². The summed E-state index contributed by atoms with van der Waals surface area (Å²) in [5, 5.41) is 26.9. The first-order chi connectivity index (χ1) is 13.4. The summed E-state index contributed by atoms with van der Waals surface area (Å²) in [4.78, 5) is 14.3. The van der Waals surface area contributed by atoms with Crippen LogP contribution in [0.4, 0.5) is 10.2 Å². The van der Waals surface area contributed by atoms with Crippen LogP contribution >= 0.6 is 0 Å². The Balaban J connectivity index is 1.59. The van der Waals surface area contributed by atoms with Gasteiger partial charge in [0.25, 0.3) is 0 Å². The normalized spacial score (nSPS) is 19.1. The van der Waals surface area contributed by atoms with Gasteiger partial charge in [-0.15, -0.1) is 10.2 Å². The Bertz CT molecular complexity index is 892. The number of nitriles is 1. The number of hydrogen-bond acceptors (Lipinski definition) is 6. The minimum atomic E-state index is -0.651. The van der Waals surface area contributed by atoms with Crippen molar-refractivity contribution in [2.75, 3.05) is 18.0 Å². The molecule has 0 amide bonds. The monoisotopic (exact) mass is 382 g/mol. The van der Waals surface area contributed by atoms with Gasteiger partial charge in [-0.25, -0.2) is 4.39 Å². The lowest BCUT2D eigenvalue weighted by Gasteiger charge is -2.16. The molecule has 1 saturated heterocycles. The summed E-state index contributed by atoms with van der Waals surface area (Å²) in [6, 6.07) is 10.1. The van der Waals surface area contributed by atoms with E-state index in [4.69, 9.17) is 5.26 Å². The average Bonchev–Trinajstić information content (AvgIpc) is 3.02. The first-order valence-corrected chi connectivity index (χ1v) is 9.34. The van der Waals surface area contributed by atoms with E-state index in [0.717, 1.165) is 0 Å². The minimum absolute atomic E-state index is 0.0338. The van der Waals surface area contributed by atoms with Gasteiger partial charge in [0.1, 0.15) is 17.7 Å². The molecule has 1 fully saturated rings. The van der Waals surface area contributed by atoms with Crippen molar-refractivity contribution in [3.05, 3.63) is 53.0 Å². The predicted molar refractivity (Wildman–Crippen MR) is 102 cm³/mol. The number of hydrogen-bond donors (Lipinski definition) is 1. The topological polar surface area (TPSA) is 90.1 Å². The lowest BCUT2D eigenvalue weighted by atomic mass is 9.94. The number of rotatable bonds is 6. The van der Waals surface area contributed by atoms with Crippen LogP contribution in [0.1, 0.15) is 43.0 Å². The molecule has 1 aliphatic rings. The molecular weight excluding hydrogens is 359 g/mol. The van der Waals surface area contributed by atoms with Crippen LogP contribution in [0.5, 0.6) is 0 Å². The summed E-state index contributed by atoms with van der Waals surface area (Å²) in [6.07, 6.45) is -0.286. The number of Topliss-reactive ketones (excluding diaryl/α,β-unsaturated/α-hetero) is 1. The Kier molecular flexibility index (Phi) is 6.00. The molecule has 0 aliphatic carbocycles. The largest absolute Gasteiger partial charge is 0.391 e. The van der Waals surface area contributed by atoms with E-state index in [-0.39, 0.29) is 42.0 Å². The van der Waals surface area contributed by atoms with Crippen LogP contribution in [0.2, 0.25) is 0 Å². The number of carbonyl (C=O) groups excluding carboxylic acids is 1. The van der Waals surface area contributed by atoms with Gasteiger partial charge in [-0.1, -0.05) is 26.0 Å². The maximum atomic E-state index is 14.1. The molecule has 146 valence electrons. The third-order valence-corrected chi connectivity index (χ3v) is 5.07. The second-order valence-electron chi connectivity index (χ2n) is 7.55. The molecule has 1 N–H and O–H groups in total. The molecule has 1 aromatic heterocycles. The zero-order valence-corrected chi connectivity index (χ0v) is 16.0. The van der Waals surface area contributed by atoms with Crippen molar-refractivity contribution in [3.8, 4) is 6.07 Å². The average molecular weight is 382 g/mol. The van der Waals surface area contributed by atoms with E-state index in [1.807, 2.05) is 24.8 Å². The van der Waals surface area contributed by atoms with Gasteiger partial charge >= 0.3 is 0 Å². The number of ketones is 1. The molecule has 6 nitrogen and oxygen atoms in total. The highest BCUT2D eigenvalue weighted by Gasteiger charge is 2.33. The maximum absolute atomic E-state index is 14.1. The molecule has 1 aliphatic heterocycles. The van der Waals surface area contributed by atoms with E-state index < -0.39 is 6.10 Å². The van der Waals surface area contributed by atoms with Gasteiger partial charge in [-0.05, 0) is 35.2 Å². The Hall–Kier alpha value is -2.85. The molecule has 7 heteroatoms. The highest BCUT2D eigenvalue weighted by molar-refractivity contribution is 5.81. The number of benzene rings is 1. The van der Waals surface area contributed by atoms with Crippen molar-refractivity contribution in [1.29, 1.82) is 5.26 Å². The fourth-order valence-electron chi connectivity index (χ4n) is 3.54. The summed E-state index contributed by atoms with van der Waals surface area (Å²) in [6.45, 7) is 4.69. The van der Waals surface area contributed by atoms with Crippen molar-refractivity contribution in [1.82, 2.24) is 10.2 Å². The fourth-order valence-corrected chi connectivity index (χ4v) is 3.54. The Morgan fingerprint density at radius 3 is 2.71 bits per heavy atom. The number of halogens is 1. The van der Waals surface area contributed by atoms with Crippen molar-refractivity contribution in [2.45, 2.75) is 38.7 Å². The third-order valence-electron chi connectivity index (χ3n) is 5.07. The molecule has 28 heavy (non-hydrogen) atoms. The van der Waals surface area contributed by atoms with Crippen molar-refractivity contribution >= 4 is 11.6 Å². The van der Waals surface area contributed by atoms with Gasteiger partial charge in [0.15, 0.2) is 11.5 Å². The first-order valence-electron chi connectivity index (χ1n) is 9.34. The highest BCUT2D eigenvalue weighted by Crippen LogP contribution is 2.26. The number of β-amino-alcohol motifs (C(OH)–C–C–N with tert-alkyl or cyclic N) is 1. The molecule has 0 spiro atoms. The fraction of sp³-hybridized carbons (Fsp3) is 0.429. The first kappa shape index (κ1) is 19.9. The van der Waals surface area contributed by atoms with E-state index in [1.165, 1.54) is 6.07 Å². The maximum Gasteiger partial charge on any atom is 0.163 e. The van der Waals surface area contributed by atoms with E-state index in [9.17, 15) is 14.3 Å². The number of aromatic nitrogens is 2. The molecule has 1 aromatic carbocycles. The third kappa shape index (κ3) is 4.52. The Morgan fingerprint density at radius 1 is 1.32 bits per heavy atom. The summed E-state index contributed by atoms with van der Waals surface area (Å²) in [5.74, 6) is 0.124. The lowest BCUT2D eigenvalue weighted by molar-refractivity contribution is -0.119. The second kappa shape index (κ2) is 8.44. The molecule has 2 aromatic rings. The zero-order valence-electron chi connectivity index (χ0n) is 16.0. The van der Waals surface area contributed by atoms with Crippen LogP contribution in [-0.4, -0.2) is 40.3 Å². The molecule has 2 atom stereocenters.